The molecule has 0 aliphatic carbocycles. The fraction of sp³-hybridized carbons (Fsp3) is 0.385. The maximum atomic E-state index is 13.2. The highest BCUT2D eigenvalue weighted by Crippen LogP contribution is 2.34. The fourth-order valence-electron chi connectivity index (χ4n) is 5.47. The van der Waals surface area contributed by atoms with Crippen molar-refractivity contribution in [3.8, 4) is 0 Å². The smallest absolute Gasteiger partial charge is 0.322 e. The van der Waals surface area contributed by atoms with Crippen molar-refractivity contribution in [2.45, 2.75) is 37.6 Å². The average molecular weight is 461 g/mol. The summed E-state index contributed by atoms with van der Waals surface area (Å²) in [5.41, 5.74) is 1.28. The van der Waals surface area contributed by atoms with E-state index in [0.717, 1.165) is 17.7 Å². The molecule has 3 saturated heterocycles. The Balaban J connectivity index is 1.30. The first-order chi connectivity index (χ1) is 16.5. The molecule has 5 rings (SSSR count). The zero-order valence-corrected chi connectivity index (χ0v) is 19.0. The number of rotatable bonds is 5. The first-order valence-electron chi connectivity index (χ1n) is 11.8. The topological polar surface area (TPSA) is 98.8 Å². The van der Waals surface area contributed by atoms with Gasteiger partial charge in [0.25, 0.3) is 11.8 Å². The Bertz CT molecular complexity index is 1130. The van der Waals surface area contributed by atoms with Gasteiger partial charge in [0, 0.05) is 43.7 Å². The third-order valence-electron chi connectivity index (χ3n) is 7.25. The minimum atomic E-state index is -1.01. The van der Waals surface area contributed by atoms with Crippen molar-refractivity contribution < 1.29 is 19.2 Å². The van der Waals surface area contributed by atoms with Crippen molar-refractivity contribution >= 4 is 29.4 Å². The van der Waals surface area contributed by atoms with Gasteiger partial charge in [0.2, 0.25) is 5.91 Å². The van der Waals surface area contributed by atoms with Crippen LogP contribution in [0.3, 0.4) is 0 Å². The summed E-state index contributed by atoms with van der Waals surface area (Å²) in [5.74, 6) is -0.374. The number of benzene rings is 2. The van der Waals surface area contributed by atoms with Gasteiger partial charge in [-0.05, 0) is 48.9 Å². The predicted octanol–water partition coefficient (Wildman–Crippen LogP) is 2.49. The van der Waals surface area contributed by atoms with Crippen molar-refractivity contribution in [3.63, 3.8) is 0 Å². The van der Waals surface area contributed by atoms with Gasteiger partial charge in [0.05, 0.1) is 0 Å². The van der Waals surface area contributed by atoms with Crippen LogP contribution in [0.4, 0.5) is 10.5 Å². The second kappa shape index (κ2) is 8.93. The largest absolute Gasteiger partial charge is 0.339 e. The molecule has 0 aromatic heterocycles. The molecule has 176 valence electrons. The first-order valence-corrected chi connectivity index (χ1v) is 11.8. The van der Waals surface area contributed by atoms with E-state index >= 15 is 0 Å². The third-order valence-corrected chi connectivity index (χ3v) is 7.25. The van der Waals surface area contributed by atoms with E-state index < -0.39 is 11.6 Å². The lowest BCUT2D eigenvalue weighted by atomic mass is 9.74. The van der Waals surface area contributed by atoms with E-state index in [9.17, 15) is 19.2 Å². The molecule has 0 spiro atoms. The molecular weight excluding hydrogens is 432 g/mol. The Morgan fingerprint density at radius 2 is 1.74 bits per heavy atom. The van der Waals surface area contributed by atoms with Crippen LogP contribution in [0.1, 0.15) is 41.6 Å². The number of piperidine rings is 1. The Labute approximate surface area is 198 Å². The summed E-state index contributed by atoms with van der Waals surface area (Å²) < 4.78 is 0. The number of imide groups is 1. The molecule has 3 fully saturated rings. The van der Waals surface area contributed by atoms with Gasteiger partial charge in [-0.1, -0.05) is 36.4 Å². The molecule has 0 saturated carbocycles. The molecule has 2 N–H and O–H groups in total. The molecule has 8 nitrogen and oxygen atoms in total. The lowest BCUT2D eigenvalue weighted by molar-refractivity contribution is -0.126. The Morgan fingerprint density at radius 3 is 2.38 bits per heavy atom. The highest BCUT2D eigenvalue weighted by molar-refractivity contribution is 6.07. The number of amides is 5. The molecule has 2 aromatic rings. The normalized spacial score (nSPS) is 23.2. The summed E-state index contributed by atoms with van der Waals surface area (Å²) in [6.45, 7) is 1.67. The number of hydrogen-bond donors (Lipinski definition) is 2. The number of likely N-dealkylation sites (tertiary alicyclic amines) is 1. The van der Waals surface area contributed by atoms with Crippen LogP contribution >= 0.6 is 0 Å². The van der Waals surface area contributed by atoms with E-state index in [-0.39, 0.29) is 23.6 Å². The van der Waals surface area contributed by atoms with Crippen LogP contribution in [0.25, 0.3) is 0 Å². The molecule has 3 aliphatic rings. The number of carbonyl (C=O) groups excluding carboxylic acids is 4. The van der Waals surface area contributed by atoms with Crippen molar-refractivity contribution in [1.29, 1.82) is 0 Å². The van der Waals surface area contributed by atoms with Crippen LogP contribution in [-0.2, 0) is 16.0 Å². The Kier molecular flexibility index (Phi) is 5.81. The van der Waals surface area contributed by atoms with Gasteiger partial charge in [-0.25, -0.2) is 4.79 Å². The second-order valence-electron chi connectivity index (χ2n) is 9.31. The van der Waals surface area contributed by atoms with Crippen molar-refractivity contribution in [1.82, 2.24) is 15.5 Å². The number of urea groups is 1. The molecule has 5 amide bonds. The lowest BCUT2D eigenvalue weighted by Gasteiger charge is -2.40. The van der Waals surface area contributed by atoms with Gasteiger partial charge in [-0.3, -0.25) is 19.7 Å². The van der Waals surface area contributed by atoms with E-state index in [2.05, 4.69) is 10.6 Å². The average Bonchev–Trinajstić information content (AvgIpc) is 3.41. The number of nitrogens with zero attached hydrogens (tertiary/aromatic N) is 2. The second-order valence-corrected chi connectivity index (χ2v) is 9.31. The summed E-state index contributed by atoms with van der Waals surface area (Å²) >= 11 is 0. The number of hydrogen-bond acceptors (Lipinski definition) is 4. The molecule has 8 heteroatoms. The molecule has 34 heavy (non-hydrogen) atoms. The minimum Gasteiger partial charge on any atom is -0.339 e. The predicted molar refractivity (Wildman–Crippen MR) is 126 cm³/mol. The van der Waals surface area contributed by atoms with Crippen LogP contribution < -0.4 is 15.5 Å². The molecule has 3 heterocycles. The maximum absolute atomic E-state index is 13.2. The van der Waals surface area contributed by atoms with Crippen LogP contribution in [0.2, 0.25) is 0 Å². The van der Waals surface area contributed by atoms with Gasteiger partial charge < -0.3 is 15.1 Å². The molecule has 2 aromatic carbocycles. The molecule has 0 unspecified atom stereocenters. The minimum absolute atomic E-state index is 0.0797. The van der Waals surface area contributed by atoms with Gasteiger partial charge >= 0.3 is 6.03 Å². The summed E-state index contributed by atoms with van der Waals surface area (Å²) in [5, 5.41) is 5.33. The van der Waals surface area contributed by atoms with Crippen LogP contribution in [0.15, 0.2) is 54.6 Å². The van der Waals surface area contributed by atoms with E-state index in [1.807, 2.05) is 42.5 Å². The Hall–Kier alpha value is -3.68. The van der Waals surface area contributed by atoms with E-state index in [1.54, 1.807) is 21.9 Å². The summed E-state index contributed by atoms with van der Waals surface area (Å²) in [7, 11) is 0. The highest BCUT2D eigenvalue weighted by Gasteiger charge is 2.52. The van der Waals surface area contributed by atoms with Crippen LogP contribution in [0, 0.1) is 5.92 Å². The van der Waals surface area contributed by atoms with Gasteiger partial charge in [0.15, 0.2) is 0 Å². The first kappa shape index (κ1) is 22.1. The van der Waals surface area contributed by atoms with E-state index in [4.69, 9.17) is 0 Å². The third kappa shape index (κ3) is 4.04. The standard InChI is InChI=1S/C26H28N4O4/c31-22-10-5-13-30(22)21-9-4-8-19(16-21)23(32)29-14-11-20(12-15-29)26(24(33)27-25(34)28-26)17-18-6-2-1-3-7-18/h1-4,6-9,16,20H,5,10-15,17H2,(H2,27,28,33,34)/t26-/m1/s1. The number of nitrogens with one attached hydrogen (secondary N) is 2. The van der Waals surface area contributed by atoms with Gasteiger partial charge in [-0.15, -0.1) is 0 Å². The van der Waals surface area contributed by atoms with Crippen LogP contribution in [-0.4, -0.2) is 53.8 Å². The SMILES string of the molecule is O=C1NC(=O)[C@@](Cc2ccccc2)(C2CCN(C(=O)c3cccc(N4CCCC4=O)c3)CC2)N1. The lowest BCUT2D eigenvalue weighted by Crippen LogP contribution is -2.57. The Morgan fingerprint density at radius 1 is 0.971 bits per heavy atom. The number of carbonyl (C=O) groups is 4. The molecule has 0 radical (unpaired) electrons. The van der Waals surface area contributed by atoms with Gasteiger partial charge in [-0.2, -0.15) is 0 Å². The molecule has 3 aliphatic heterocycles. The van der Waals surface area contributed by atoms with E-state index in [0.29, 0.717) is 50.9 Å². The summed E-state index contributed by atoms with van der Waals surface area (Å²) in [6.07, 6.45) is 3.00. The van der Waals surface area contributed by atoms with Crippen LogP contribution in [0.5, 0.6) is 0 Å². The quantitative estimate of drug-likeness (QED) is 0.670. The van der Waals surface area contributed by atoms with E-state index in [1.165, 1.54) is 0 Å². The van der Waals surface area contributed by atoms with Gasteiger partial charge in [0.1, 0.15) is 5.54 Å². The zero-order valence-electron chi connectivity index (χ0n) is 19.0. The fourth-order valence-corrected chi connectivity index (χ4v) is 5.47. The maximum Gasteiger partial charge on any atom is 0.322 e. The van der Waals surface area contributed by atoms with Crippen molar-refractivity contribution in [3.05, 3.63) is 65.7 Å². The van der Waals surface area contributed by atoms with Crippen molar-refractivity contribution in [2.75, 3.05) is 24.5 Å². The monoisotopic (exact) mass is 460 g/mol. The summed E-state index contributed by atoms with van der Waals surface area (Å²) in [4.78, 5) is 53.9. The van der Waals surface area contributed by atoms with Crippen molar-refractivity contribution in [2.24, 2.45) is 5.92 Å². The number of anilines is 1. The zero-order chi connectivity index (χ0) is 23.7. The molecule has 1 atom stereocenters. The highest BCUT2D eigenvalue weighted by atomic mass is 16.2. The summed E-state index contributed by atoms with van der Waals surface area (Å²) in [6, 6.07) is 16.4. The molecular formula is C26H28N4O4. The molecule has 0 bridgehead atoms.